The first-order valence-corrected chi connectivity index (χ1v) is 5.61. The second kappa shape index (κ2) is 6.00. The molecule has 0 fully saturated rings. The molecule has 0 aliphatic rings. The molecule has 1 rings (SSSR count). The number of allylic oxidation sites excluding steroid dienone is 1. The van der Waals surface area contributed by atoms with Crippen molar-refractivity contribution in [2.24, 2.45) is 7.05 Å². The highest BCUT2D eigenvalue weighted by molar-refractivity contribution is 5.94. The van der Waals surface area contributed by atoms with E-state index in [9.17, 15) is 9.59 Å². The molecule has 0 spiro atoms. The summed E-state index contributed by atoms with van der Waals surface area (Å²) in [5, 5.41) is 6.61. The third kappa shape index (κ3) is 3.73. The van der Waals surface area contributed by atoms with Gasteiger partial charge < -0.3 is 10.1 Å². The quantitative estimate of drug-likeness (QED) is 0.638. The molecule has 1 heterocycles. The molecule has 0 saturated carbocycles. The van der Waals surface area contributed by atoms with E-state index in [2.05, 4.69) is 10.4 Å². The maximum Gasteiger partial charge on any atom is 0.332 e. The van der Waals surface area contributed by atoms with E-state index in [4.69, 9.17) is 4.74 Å². The number of aromatic nitrogens is 2. The summed E-state index contributed by atoms with van der Waals surface area (Å²) >= 11 is 0. The van der Waals surface area contributed by atoms with Gasteiger partial charge in [0.2, 0.25) is 0 Å². The molecule has 1 amide bonds. The van der Waals surface area contributed by atoms with Gasteiger partial charge in [0, 0.05) is 24.5 Å². The van der Waals surface area contributed by atoms with Crippen LogP contribution in [0.25, 0.3) is 0 Å². The Balaban J connectivity index is 2.67. The van der Waals surface area contributed by atoms with E-state index in [0.717, 1.165) is 5.69 Å². The monoisotopic (exact) mass is 251 g/mol. The second-order valence-corrected chi connectivity index (χ2v) is 3.83. The van der Waals surface area contributed by atoms with Gasteiger partial charge in [-0.25, -0.2) is 4.79 Å². The van der Waals surface area contributed by atoms with Gasteiger partial charge in [-0.1, -0.05) is 0 Å². The molecule has 1 N–H and O–H groups in total. The Labute approximate surface area is 106 Å². The van der Waals surface area contributed by atoms with Gasteiger partial charge in [-0.15, -0.1) is 0 Å². The average Bonchev–Trinajstić information content (AvgIpc) is 2.59. The zero-order chi connectivity index (χ0) is 13.7. The fraction of sp³-hybridized carbons (Fsp3) is 0.417. The van der Waals surface area contributed by atoms with Gasteiger partial charge in [0.15, 0.2) is 5.69 Å². The number of hydrogen-bond acceptors (Lipinski definition) is 4. The van der Waals surface area contributed by atoms with Crippen molar-refractivity contribution < 1.29 is 14.3 Å². The average molecular weight is 251 g/mol. The van der Waals surface area contributed by atoms with Crippen LogP contribution in [0.4, 0.5) is 0 Å². The molecule has 0 bridgehead atoms. The maximum atomic E-state index is 11.8. The van der Waals surface area contributed by atoms with Gasteiger partial charge >= 0.3 is 5.97 Å². The van der Waals surface area contributed by atoms with Gasteiger partial charge in [0.1, 0.15) is 0 Å². The van der Waals surface area contributed by atoms with Crippen molar-refractivity contribution >= 4 is 11.9 Å². The van der Waals surface area contributed by atoms with Crippen LogP contribution in [0, 0.1) is 6.92 Å². The molecule has 6 heteroatoms. The van der Waals surface area contributed by atoms with Crippen molar-refractivity contribution in [1.82, 2.24) is 15.1 Å². The van der Waals surface area contributed by atoms with Crippen molar-refractivity contribution in [3.63, 3.8) is 0 Å². The Kier molecular flexibility index (Phi) is 4.65. The lowest BCUT2D eigenvalue weighted by Gasteiger charge is -2.03. The van der Waals surface area contributed by atoms with Crippen LogP contribution in [0.5, 0.6) is 0 Å². The molecule has 0 aliphatic heterocycles. The summed E-state index contributed by atoms with van der Waals surface area (Å²) in [6.45, 7) is 5.49. The van der Waals surface area contributed by atoms with Crippen LogP contribution in [-0.2, 0) is 16.6 Å². The van der Waals surface area contributed by atoms with Crippen LogP contribution >= 0.6 is 0 Å². The Bertz CT molecular complexity index is 469. The molecule has 0 aromatic carbocycles. The Morgan fingerprint density at radius 2 is 2.22 bits per heavy atom. The number of nitrogens with zero attached hydrogens (tertiary/aromatic N) is 2. The highest BCUT2D eigenvalue weighted by atomic mass is 16.5. The SMILES string of the molecule is CCOC(=O)/C=C(\C)NC(=O)c1cc(C)n(C)n1. The lowest BCUT2D eigenvalue weighted by molar-refractivity contribution is -0.137. The van der Waals surface area contributed by atoms with E-state index in [1.165, 1.54) is 6.08 Å². The second-order valence-electron chi connectivity index (χ2n) is 3.83. The Morgan fingerprint density at radius 1 is 1.56 bits per heavy atom. The number of carbonyl (C=O) groups is 2. The van der Waals surface area contributed by atoms with Crippen LogP contribution in [0.2, 0.25) is 0 Å². The van der Waals surface area contributed by atoms with Crippen LogP contribution in [0.3, 0.4) is 0 Å². The van der Waals surface area contributed by atoms with Crippen LogP contribution in [0.1, 0.15) is 30.0 Å². The number of hydrogen-bond donors (Lipinski definition) is 1. The van der Waals surface area contributed by atoms with E-state index in [0.29, 0.717) is 18.0 Å². The third-order valence-corrected chi connectivity index (χ3v) is 2.28. The number of carbonyl (C=O) groups excluding carboxylic acids is 2. The summed E-state index contributed by atoms with van der Waals surface area (Å²) in [5.74, 6) is -0.829. The molecule has 6 nitrogen and oxygen atoms in total. The van der Waals surface area contributed by atoms with Crippen molar-refractivity contribution in [2.75, 3.05) is 6.61 Å². The van der Waals surface area contributed by atoms with Crippen LogP contribution in [0.15, 0.2) is 17.8 Å². The summed E-state index contributed by atoms with van der Waals surface area (Å²) in [7, 11) is 1.76. The Morgan fingerprint density at radius 3 is 2.72 bits per heavy atom. The first kappa shape index (κ1) is 14.0. The molecular weight excluding hydrogens is 234 g/mol. The topological polar surface area (TPSA) is 73.2 Å². The van der Waals surface area contributed by atoms with Crippen LogP contribution in [-0.4, -0.2) is 28.3 Å². The molecular formula is C12H17N3O3. The Hall–Kier alpha value is -2.11. The molecule has 98 valence electrons. The summed E-state index contributed by atoms with van der Waals surface area (Å²) in [6.07, 6.45) is 1.23. The largest absolute Gasteiger partial charge is 0.463 e. The smallest absolute Gasteiger partial charge is 0.332 e. The zero-order valence-corrected chi connectivity index (χ0v) is 11.0. The third-order valence-electron chi connectivity index (χ3n) is 2.28. The minimum absolute atomic E-state index is 0.302. The molecule has 0 radical (unpaired) electrons. The normalized spacial score (nSPS) is 11.2. The van der Waals surface area contributed by atoms with Crippen molar-refractivity contribution in [2.45, 2.75) is 20.8 Å². The molecule has 0 unspecified atom stereocenters. The van der Waals surface area contributed by atoms with Gasteiger partial charge in [0.25, 0.3) is 5.91 Å². The highest BCUT2D eigenvalue weighted by Crippen LogP contribution is 2.02. The van der Waals surface area contributed by atoms with Gasteiger partial charge in [-0.05, 0) is 26.8 Å². The molecule has 1 aromatic heterocycles. The number of aryl methyl sites for hydroxylation is 2. The summed E-state index contributed by atoms with van der Waals surface area (Å²) in [6, 6.07) is 1.67. The van der Waals surface area contributed by atoms with Crippen LogP contribution < -0.4 is 5.32 Å². The number of esters is 1. The number of nitrogens with one attached hydrogen (secondary N) is 1. The fourth-order valence-corrected chi connectivity index (χ4v) is 1.31. The lowest BCUT2D eigenvalue weighted by atomic mass is 10.3. The minimum Gasteiger partial charge on any atom is -0.463 e. The van der Waals surface area contributed by atoms with Gasteiger partial charge in [-0.3, -0.25) is 9.48 Å². The zero-order valence-electron chi connectivity index (χ0n) is 11.0. The predicted octanol–water partition coefficient (Wildman–Crippen LogP) is 0.925. The molecule has 0 saturated heterocycles. The van der Waals surface area contributed by atoms with Crippen molar-refractivity contribution in [3.8, 4) is 0 Å². The fourth-order valence-electron chi connectivity index (χ4n) is 1.31. The molecule has 1 aromatic rings. The predicted molar refractivity (Wildman–Crippen MR) is 65.8 cm³/mol. The maximum absolute atomic E-state index is 11.8. The summed E-state index contributed by atoms with van der Waals surface area (Å²) in [5.41, 5.74) is 1.61. The van der Waals surface area contributed by atoms with Crippen molar-refractivity contribution in [3.05, 3.63) is 29.2 Å². The van der Waals surface area contributed by atoms with E-state index in [1.54, 1.807) is 31.6 Å². The minimum atomic E-state index is -0.479. The number of ether oxygens (including phenoxy) is 1. The van der Waals surface area contributed by atoms with E-state index >= 15 is 0 Å². The van der Waals surface area contributed by atoms with E-state index in [-0.39, 0.29) is 5.91 Å². The van der Waals surface area contributed by atoms with Gasteiger partial charge in [-0.2, -0.15) is 5.10 Å². The number of amides is 1. The number of rotatable bonds is 4. The first-order valence-electron chi connectivity index (χ1n) is 5.61. The molecule has 0 aliphatic carbocycles. The summed E-state index contributed by atoms with van der Waals surface area (Å²) in [4.78, 5) is 22.9. The molecule has 0 atom stereocenters. The summed E-state index contributed by atoms with van der Waals surface area (Å²) < 4.78 is 6.35. The van der Waals surface area contributed by atoms with Gasteiger partial charge in [0.05, 0.1) is 6.61 Å². The van der Waals surface area contributed by atoms with E-state index in [1.807, 2.05) is 6.92 Å². The highest BCUT2D eigenvalue weighted by Gasteiger charge is 2.11. The lowest BCUT2D eigenvalue weighted by Crippen LogP contribution is -2.23. The standard InChI is InChI=1S/C12H17N3O3/c1-5-18-11(16)6-8(2)13-12(17)10-7-9(3)15(4)14-10/h6-7H,5H2,1-4H3,(H,13,17)/b8-6+. The first-order chi connectivity index (χ1) is 8.43. The molecule has 18 heavy (non-hydrogen) atoms. The van der Waals surface area contributed by atoms with E-state index < -0.39 is 5.97 Å². The van der Waals surface area contributed by atoms with Crippen molar-refractivity contribution in [1.29, 1.82) is 0 Å².